The molecular formula is C16H15O3-. The van der Waals surface area contributed by atoms with Gasteiger partial charge in [0, 0.05) is 6.42 Å². The second-order valence-corrected chi connectivity index (χ2v) is 4.28. The van der Waals surface area contributed by atoms with E-state index < -0.39 is 5.97 Å². The minimum absolute atomic E-state index is 0.00171. The minimum atomic E-state index is -0.845. The average Bonchev–Trinajstić information content (AvgIpc) is 2.41. The predicted molar refractivity (Wildman–Crippen MR) is 74.2 cm³/mol. The van der Waals surface area contributed by atoms with Gasteiger partial charge in [0.05, 0.1) is 7.11 Å². The van der Waals surface area contributed by atoms with E-state index in [1.54, 1.807) is 7.11 Å². The van der Waals surface area contributed by atoms with Gasteiger partial charge in [0.2, 0.25) is 0 Å². The molecule has 0 aliphatic rings. The van der Waals surface area contributed by atoms with Crippen LogP contribution in [0.25, 0.3) is 11.1 Å². The van der Waals surface area contributed by atoms with Crippen LogP contribution >= 0.6 is 0 Å². The van der Waals surface area contributed by atoms with Gasteiger partial charge in [-0.3, -0.25) is 4.79 Å². The van der Waals surface area contributed by atoms with Crippen molar-refractivity contribution in [2.45, 2.75) is 6.42 Å². The third-order valence-corrected chi connectivity index (χ3v) is 2.97. The molecule has 3 heteroatoms. The van der Waals surface area contributed by atoms with Gasteiger partial charge in [-0.2, -0.15) is 18.6 Å². The summed E-state index contributed by atoms with van der Waals surface area (Å²) >= 11 is 0. The van der Waals surface area contributed by atoms with E-state index in [0.717, 1.165) is 28.0 Å². The highest BCUT2D eigenvalue weighted by Crippen LogP contribution is 2.24. The second-order valence-electron chi connectivity index (χ2n) is 4.28. The Morgan fingerprint density at radius 1 is 1.16 bits per heavy atom. The van der Waals surface area contributed by atoms with Crippen molar-refractivity contribution in [2.75, 3.05) is 7.11 Å². The van der Waals surface area contributed by atoms with E-state index in [4.69, 9.17) is 9.84 Å². The lowest BCUT2D eigenvalue weighted by atomic mass is 9.98. The molecule has 0 radical (unpaired) electrons. The van der Waals surface area contributed by atoms with Crippen LogP contribution < -0.4 is 4.74 Å². The quantitative estimate of drug-likeness (QED) is 0.853. The molecule has 2 aromatic carbocycles. The van der Waals surface area contributed by atoms with Crippen LogP contribution in [0.3, 0.4) is 0 Å². The molecule has 2 aromatic rings. The first-order chi connectivity index (χ1) is 9.10. The van der Waals surface area contributed by atoms with E-state index in [1.807, 2.05) is 42.5 Å². The van der Waals surface area contributed by atoms with Gasteiger partial charge >= 0.3 is 0 Å². The van der Waals surface area contributed by atoms with Gasteiger partial charge in [0.1, 0.15) is 5.75 Å². The highest BCUT2D eigenvalue weighted by molar-refractivity contribution is 5.72. The van der Waals surface area contributed by atoms with E-state index in [1.165, 1.54) is 0 Å². The summed E-state index contributed by atoms with van der Waals surface area (Å²) in [5.74, 6) is -0.0387. The van der Waals surface area contributed by atoms with Crippen molar-refractivity contribution < 1.29 is 14.6 Å². The number of carboxylic acid groups (broad SMARTS) is 1. The van der Waals surface area contributed by atoms with Crippen LogP contribution in [0.1, 0.15) is 11.1 Å². The first-order valence-corrected chi connectivity index (χ1v) is 5.91. The summed E-state index contributed by atoms with van der Waals surface area (Å²) in [6, 6.07) is 13.3. The molecule has 1 N–H and O–H groups in total. The molecule has 0 amide bonds. The smallest absolute Gasteiger partial charge is 0.296 e. The minimum Gasteiger partial charge on any atom is -0.497 e. The van der Waals surface area contributed by atoms with Crippen LogP contribution in [0.5, 0.6) is 5.75 Å². The van der Waals surface area contributed by atoms with Gasteiger partial charge in [-0.15, -0.1) is 11.6 Å². The maximum atomic E-state index is 10.7. The molecule has 0 saturated heterocycles. The Hall–Kier alpha value is -2.42. The summed E-state index contributed by atoms with van der Waals surface area (Å²) in [6.45, 7) is 3.91. The van der Waals surface area contributed by atoms with Gasteiger partial charge < -0.3 is 9.84 Å². The van der Waals surface area contributed by atoms with Gasteiger partial charge in [0.15, 0.2) is 0 Å². The molecule has 0 unspecified atom stereocenters. The van der Waals surface area contributed by atoms with Crippen LogP contribution in [0.4, 0.5) is 0 Å². The molecule has 0 bridgehead atoms. The number of rotatable bonds is 4. The molecule has 0 saturated carbocycles. The zero-order valence-electron chi connectivity index (χ0n) is 10.7. The SMILES string of the molecule is [CH2-]c1cc(-c2ccc(OC)cc2)ccc1CC(=O)O. The number of carbonyl (C=O) groups is 1. The Morgan fingerprint density at radius 3 is 2.32 bits per heavy atom. The standard InChI is InChI=1S/C16H15O3/c1-11-9-14(4-3-13(11)10-16(17)18)12-5-7-15(19-2)8-6-12/h3-9H,1,10H2,2H3,(H,17,18)/q-1. The normalized spacial score (nSPS) is 10.2. The fourth-order valence-corrected chi connectivity index (χ4v) is 1.92. The zero-order valence-corrected chi connectivity index (χ0v) is 10.7. The Labute approximate surface area is 112 Å². The zero-order chi connectivity index (χ0) is 13.8. The van der Waals surface area contributed by atoms with Crippen molar-refractivity contribution >= 4 is 5.97 Å². The molecule has 0 aliphatic heterocycles. The first kappa shape index (κ1) is 13.0. The fourth-order valence-electron chi connectivity index (χ4n) is 1.92. The van der Waals surface area contributed by atoms with Crippen molar-refractivity contribution in [3.05, 3.63) is 60.5 Å². The van der Waals surface area contributed by atoms with Crippen molar-refractivity contribution in [1.29, 1.82) is 0 Å². The van der Waals surface area contributed by atoms with Gasteiger partial charge in [-0.1, -0.05) is 23.8 Å². The fraction of sp³-hybridized carbons (Fsp3) is 0.125. The molecule has 0 aliphatic carbocycles. The summed E-state index contributed by atoms with van der Waals surface area (Å²) < 4.78 is 5.11. The van der Waals surface area contributed by atoms with Crippen molar-refractivity contribution in [3.63, 3.8) is 0 Å². The third kappa shape index (κ3) is 3.07. The number of hydrogen-bond donors (Lipinski definition) is 1. The molecule has 0 atom stereocenters. The van der Waals surface area contributed by atoms with E-state index >= 15 is 0 Å². The lowest BCUT2D eigenvalue weighted by molar-refractivity contribution is -0.136. The first-order valence-electron chi connectivity index (χ1n) is 5.91. The molecule has 0 heterocycles. The van der Waals surface area contributed by atoms with Crippen molar-refractivity contribution in [3.8, 4) is 16.9 Å². The van der Waals surface area contributed by atoms with Crippen molar-refractivity contribution in [2.24, 2.45) is 0 Å². The number of methoxy groups -OCH3 is 1. The molecular weight excluding hydrogens is 240 g/mol. The largest absolute Gasteiger partial charge is 0.497 e. The lowest BCUT2D eigenvalue weighted by Gasteiger charge is -2.14. The molecule has 98 valence electrons. The van der Waals surface area contributed by atoms with Crippen molar-refractivity contribution in [1.82, 2.24) is 0 Å². The number of benzene rings is 2. The van der Waals surface area contributed by atoms with Crippen LogP contribution in [0.15, 0.2) is 42.5 Å². The Bertz CT molecular complexity index is 585. The van der Waals surface area contributed by atoms with E-state index in [0.29, 0.717) is 0 Å². The number of hydrogen-bond acceptors (Lipinski definition) is 2. The Kier molecular flexibility index (Phi) is 3.76. The van der Waals surface area contributed by atoms with Crippen LogP contribution in [-0.2, 0) is 11.2 Å². The van der Waals surface area contributed by atoms with E-state index in [-0.39, 0.29) is 6.42 Å². The highest BCUT2D eigenvalue weighted by atomic mass is 16.5. The third-order valence-electron chi connectivity index (χ3n) is 2.97. The topological polar surface area (TPSA) is 46.5 Å². The molecule has 2 rings (SSSR count). The molecule has 0 spiro atoms. The Balaban J connectivity index is 2.30. The molecule has 0 aromatic heterocycles. The second kappa shape index (κ2) is 5.48. The van der Waals surface area contributed by atoms with Gasteiger partial charge in [0.25, 0.3) is 5.97 Å². The van der Waals surface area contributed by atoms with E-state index in [2.05, 4.69) is 6.92 Å². The highest BCUT2D eigenvalue weighted by Gasteiger charge is 2.00. The summed E-state index contributed by atoms with van der Waals surface area (Å²) in [5, 5.41) is 8.79. The summed E-state index contributed by atoms with van der Waals surface area (Å²) in [7, 11) is 1.63. The van der Waals surface area contributed by atoms with Gasteiger partial charge in [-0.25, -0.2) is 0 Å². The average molecular weight is 255 g/mol. The van der Waals surface area contributed by atoms with Crippen LogP contribution in [0, 0.1) is 6.92 Å². The van der Waals surface area contributed by atoms with Crippen LogP contribution in [-0.4, -0.2) is 18.2 Å². The monoisotopic (exact) mass is 255 g/mol. The maximum absolute atomic E-state index is 10.7. The van der Waals surface area contributed by atoms with Gasteiger partial charge in [-0.05, 0) is 17.7 Å². The molecule has 3 nitrogen and oxygen atoms in total. The predicted octanol–water partition coefficient (Wildman–Crippen LogP) is 3.17. The molecule has 0 fully saturated rings. The summed E-state index contributed by atoms with van der Waals surface area (Å²) in [5.41, 5.74) is 3.55. The summed E-state index contributed by atoms with van der Waals surface area (Å²) in [4.78, 5) is 10.7. The number of carboxylic acids is 1. The van der Waals surface area contributed by atoms with E-state index in [9.17, 15) is 4.79 Å². The number of ether oxygens (including phenoxy) is 1. The lowest BCUT2D eigenvalue weighted by Crippen LogP contribution is -2.01. The molecule has 19 heavy (non-hydrogen) atoms. The Morgan fingerprint density at radius 2 is 1.79 bits per heavy atom. The van der Waals surface area contributed by atoms with Crippen LogP contribution in [0.2, 0.25) is 0 Å². The summed E-state index contributed by atoms with van der Waals surface area (Å²) in [6.07, 6.45) is 0.00171. The number of aliphatic carboxylic acids is 1. The maximum Gasteiger partial charge on any atom is 0.296 e.